The third-order valence-electron chi connectivity index (χ3n) is 4.35. The Morgan fingerprint density at radius 1 is 0.960 bits per heavy atom. The predicted octanol–water partition coefficient (Wildman–Crippen LogP) is 5.72. The van der Waals surface area contributed by atoms with Crippen molar-refractivity contribution in [1.29, 1.82) is 0 Å². The van der Waals surface area contributed by atoms with E-state index >= 15 is 0 Å². The molecular formula is C21H17ClN2O. The molecule has 1 aliphatic heterocycles. The number of para-hydroxylation sites is 3. The van der Waals surface area contributed by atoms with Crippen LogP contribution in [0.4, 0.5) is 11.4 Å². The van der Waals surface area contributed by atoms with E-state index in [2.05, 4.69) is 11.4 Å². The summed E-state index contributed by atoms with van der Waals surface area (Å²) in [4.78, 5) is 4.83. The Balaban J connectivity index is 1.83. The molecule has 3 nitrogen and oxygen atoms in total. The number of rotatable bonds is 2. The van der Waals surface area contributed by atoms with Gasteiger partial charge in [0.25, 0.3) is 0 Å². The average molecular weight is 349 g/mol. The molecule has 0 saturated carbocycles. The van der Waals surface area contributed by atoms with Crippen LogP contribution in [0.2, 0.25) is 5.02 Å². The van der Waals surface area contributed by atoms with Crippen LogP contribution in [0.5, 0.6) is 5.75 Å². The zero-order valence-electron chi connectivity index (χ0n) is 13.5. The highest BCUT2D eigenvalue weighted by atomic mass is 35.5. The largest absolute Gasteiger partial charge is 0.507 e. The van der Waals surface area contributed by atoms with Crippen LogP contribution in [0.1, 0.15) is 23.6 Å². The van der Waals surface area contributed by atoms with E-state index in [1.165, 1.54) is 0 Å². The molecule has 0 radical (unpaired) electrons. The molecule has 0 fully saturated rings. The second kappa shape index (κ2) is 6.61. The molecule has 0 aromatic heterocycles. The van der Waals surface area contributed by atoms with E-state index in [9.17, 15) is 5.11 Å². The number of nitrogens with zero attached hydrogens (tertiary/aromatic N) is 1. The lowest BCUT2D eigenvalue weighted by Crippen LogP contribution is -2.14. The van der Waals surface area contributed by atoms with Gasteiger partial charge < -0.3 is 10.4 Å². The maximum Gasteiger partial charge on any atom is 0.124 e. The molecule has 0 spiro atoms. The predicted molar refractivity (Wildman–Crippen MR) is 103 cm³/mol. The molecule has 0 bridgehead atoms. The fraction of sp³-hybridized carbons (Fsp3) is 0.0952. The molecule has 124 valence electrons. The van der Waals surface area contributed by atoms with Crippen LogP contribution in [0.15, 0.2) is 77.8 Å². The van der Waals surface area contributed by atoms with Crippen molar-refractivity contribution in [1.82, 2.24) is 0 Å². The first-order valence-corrected chi connectivity index (χ1v) is 8.55. The molecule has 4 rings (SSSR count). The third-order valence-corrected chi connectivity index (χ3v) is 4.59. The number of aliphatic imine (C=N–C) groups is 1. The maximum absolute atomic E-state index is 10.3. The van der Waals surface area contributed by atoms with Gasteiger partial charge in [0, 0.05) is 17.0 Å². The Morgan fingerprint density at radius 3 is 2.60 bits per heavy atom. The van der Waals surface area contributed by atoms with Gasteiger partial charge in [0.05, 0.1) is 23.1 Å². The van der Waals surface area contributed by atoms with Gasteiger partial charge in [0.2, 0.25) is 0 Å². The standard InChI is InChI=1S/C21H17ClN2O/c22-15-7-5-6-14(12-15)19-13-20(16-8-1-4-11-21(16)25)24-18-10-3-2-9-17(18)23-19/h1-12,19,23,25H,13H2. The van der Waals surface area contributed by atoms with Crippen molar-refractivity contribution >= 4 is 28.7 Å². The van der Waals surface area contributed by atoms with Gasteiger partial charge in [-0.15, -0.1) is 0 Å². The number of phenolic OH excluding ortho intramolecular Hbond substituents is 1. The SMILES string of the molecule is Oc1ccccc1C1=Nc2ccccc2NC(c2cccc(Cl)c2)C1. The maximum atomic E-state index is 10.3. The van der Waals surface area contributed by atoms with Crippen molar-refractivity contribution in [2.45, 2.75) is 12.5 Å². The van der Waals surface area contributed by atoms with Crippen LogP contribution in [0, 0.1) is 0 Å². The lowest BCUT2D eigenvalue weighted by Gasteiger charge is -2.19. The van der Waals surface area contributed by atoms with E-state index in [-0.39, 0.29) is 11.8 Å². The minimum Gasteiger partial charge on any atom is -0.507 e. The summed E-state index contributed by atoms with van der Waals surface area (Å²) in [6.07, 6.45) is 0.645. The molecule has 1 aliphatic rings. The summed E-state index contributed by atoms with van der Waals surface area (Å²) < 4.78 is 0. The van der Waals surface area contributed by atoms with Crippen LogP contribution in [-0.4, -0.2) is 10.8 Å². The van der Waals surface area contributed by atoms with Crippen molar-refractivity contribution in [2.75, 3.05) is 5.32 Å². The number of halogens is 1. The number of anilines is 1. The van der Waals surface area contributed by atoms with E-state index in [0.29, 0.717) is 11.4 Å². The molecule has 0 amide bonds. The van der Waals surface area contributed by atoms with Crippen molar-refractivity contribution in [3.05, 3.63) is 88.9 Å². The molecule has 0 aliphatic carbocycles. The topological polar surface area (TPSA) is 44.6 Å². The summed E-state index contributed by atoms with van der Waals surface area (Å²) >= 11 is 6.19. The Morgan fingerprint density at radius 2 is 1.76 bits per heavy atom. The molecule has 4 heteroatoms. The van der Waals surface area contributed by atoms with Crippen LogP contribution in [-0.2, 0) is 0 Å². The van der Waals surface area contributed by atoms with E-state index in [1.54, 1.807) is 6.07 Å². The summed E-state index contributed by atoms with van der Waals surface area (Å²) in [6.45, 7) is 0. The monoisotopic (exact) mass is 348 g/mol. The van der Waals surface area contributed by atoms with Gasteiger partial charge >= 0.3 is 0 Å². The fourth-order valence-electron chi connectivity index (χ4n) is 3.13. The molecule has 3 aromatic carbocycles. The summed E-state index contributed by atoms with van der Waals surface area (Å²) in [7, 11) is 0. The van der Waals surface area contributed by atoms with Gasteiger partial charge in [0.1, 0.15) is 5.75 Å². The number of nitrogens with one attached hydrogen (secondary N) is 1. The number of fused-ring (bicyclic) bond motifs is 1. The van der Waals surface area contributed by atoms with E-state index in [1.807, 2.05) is 60.7 Å². The number of benzene rings is 3. The fourth-order valence-corrected chi connectivity index (χ4v) is 3.33. The highest BCUT2D eigenvalue weighted by molar-refractivity contribution is 6.30. The molecule has 25 heavy (non-hydrogen) atoms. The first kappa shape index (κ1) is 15.7. The highest BCUT2D eigenvalue weighted by Gasteiger charge is 2.22. The zero-order valence-corrected chi connectivity index (χ0v) is 14.2. The van der Waals surface area contributed by atoms with E-state index in [0.717, 1.165) is 28.2 Å². The molecule has 0 saturated heterocycles. The van der Waals surface area contributed by atoms with Crippen molar-refractivity contribution in [3.8, 4) is 5.75 Å². The van der Waals surface area contributed by atoms with Gasteiger partial charge in [-0.1, -0.05) is 48.0 Å². The van der Waals surface area contributed by atoms with Gasteiger partial charge in [-0.3, -0.25) is 4.99 Å². The Labute approximate surface area is 151 Å². The molecule has 3 aromatic rings. The average Bonchev–Trinajstić information content (AvgIpc) is 2.81. The van der Waals surface area contributed by atoms with Crippen LogP contribution >= 0.6 is 11.6 Å². The minimum absolute atomic E-state index is 0.0145. The molecule has 2 N–H and O–H groups in total. The Kier molecular flexibility index (Phi) is 4.16. The smallest absolute Gasteiger partial charge is 0.124 e. The van der Waals surface area contributed by atoms with Crippen LogP contribution < -0.4 is 5.32 Å². The second-order valence-electron chi connectivity index (χ2n) is 6.05. The summed E-state index contributed by atoms with van der Waals surface area (Å²) in [6, 6.07) is 23.1. The third kappa shape index (κ3) is 3.24. The Hall–Kier alpha value is -2.78. The van der Waals surface area contributed by atoms with Gasteiger partial charge in [-0.2, -0.15) is 0 Å². The minimum atomic E-state index is 0.0145. The zero-order chi connectivity index (χ0) is 17.2. The summed E-state index contributed by atoms with van der Waals surface area (Å²) in [5.74, 6) is 0.241. The number of aromatic hydroxyl groups is 1. The first-order valence-electron chi connectivity index (χ1n) is 8.18. The number of hydrogen-bond donors (Lipinski definition) is 2. The van der Waals surface area contributed by atoms with Crippen molar-refractivity contribution < 1.29 is 5.11 Å². The molecule has 1 unspecified atom stereocenters. The van der Waals surface area contributed by atoms with Crippen molar-refractivity contribution in [2.24, 2.45) is 4.99 Å². The summed E-state index contributed by atoms with van der Waals surface area (Å²) in [5.41, 5.74) is 4.53. The number of phenols is 1. The van der Waals surface area contributed by atoms with E-state index in [4.69, 9.17) is 16.6 Å². The highest BCUT2D eigenvalue weighted by Crippen LogP contribution is 2.36. The summed E-state index contributed by atoms with van der Waals surface area (Å²) in [5, 5.41) is 14.6. The van der Waals surface area contributed by atoms with Crippen molar-refractivity contribution in [3.63, 3.8) is 0 Å². The quantitative estimate of drug-likeness (QED) is 0.621. The van der Waals surface area contributed by atoms with Crippen LogP contribution in [0.25, 0.3) is 0 Å². The first-order chi connectivity index (χ1) is 12.2. The lowest BCUT2D eigenvalue weighted by molar-refractivity contribution is 0.474. The van der Waals surface area contributed by atoms with E-state index < -0.39 is 0 Å². The van der Waals surface area contributed by atoms with Gasteiger partial charge in [-0.05, 0) is 42.0 Å². The Bertz CT molecular complexity index is 952. The molecule has 1 atom stereocenters. The molecular weight excluding hydrogens is 332 g/mol. The van der Waals surface area contributed by atoms with Gasteiger partial charge in [-0.25, -0.2) is 0 Å². The lowest BCUT2D eigenvalue weighted by atomic mass is 9.97. The molecule has 1 heterocycles. The van der Waals surface area contributed by atoms with Crippen LogP contribution in [0.3, 0.4) is 0 Å². The van der Waals surface area contributed by atoms with Gasteiger partial charge in [0.15, 0.2) is 0 Å². The second-order valence-corrected chi connectivity index (χ2v) is 6.49. The number of hydrogen-bond acceptors (Lipinski definition) is 3. The normalized spacial score (nSPS) is 16.4.